The van der Waals surface area contributed by atoms with Crippen molar-refractivity contribution in [1.29, 1.82) is 0 Å². The molecule has 1 rings (SSSR count). The van der Waals surface area contributed by atoms with Gasteiger partial charge in [-0.3, -0.25) is 0 Å². The molecule has 84 valence electrons. The maximum Gasteiger partial charge on any atom is 0.151 e. The highest BCUT2D eigenvalue weighted by atomic mass is 32.2. The Morgan fingerprint density at radius 1 is 1.43 bits per heavy atom. The largest absolute Gasteiger partial charge is 0.316 e. The van der Waals surface area contributed by atoms with Gasteiger partial charge in [0, 0.05) is 19.6 Å². The van der Waals surface area contributed by atoms with Crippen LogP contribution in [0.5, 0.6) is 0 Å². The first-order chi connectivity index (χ1) is 6.53. The van der Waals surface area contributed by atoms with Crippen molar-refractivity contribution in [2.24, 2.45) is 5.92 Å². The summed E-state index contributed by atoms with van der Waals surface area (Å²) in [6, 6.07) is 0. The van der Waals surface area contributed by atoms with Gasteiger partial charge in [-0.2, -0.15) is 0 Å². The van der Waals surface area contributed by atoms with Crippen LogP contribution in [-0.4, -0.2) is 58.1 Å². The van der Waals surface area contributed by atoms with Gasteiger partial charge in [0.1, 0.15) is 0 Å². The molecule has 0 bridgehead atoms. The van der Waals surface area contributed by atoms with Crippen molar-refractivity contribution in [3.63, 3.8) is 0 Å². The lowest BCUT2D eigenvalue weighted by Crippen LogP contribution is -2.46. The van der Waals surface area contributed by atoms with E-state index in [0.717, 1.165) is 19.6 Å². The molecule has 5 heteroatoms. The zero-order valence-electron chi connectivity index (χ0n) is 8.99. The third-order valence-electron chi connectivity index (χ3n) is 2.68. The lowest BCUT2D eigenvalue weighted by atomic mass is 10.1. The van der Waals surface area contributed by atoms with Crippen LogP contribution in [0, 0.1) is 5.92 Å². The molecule has 14 heavy (non-hydrogen) atoms. The predicted molar refractivity (Wildman–Crippen MR) is 58.2 cm³/mol. The van der Waals surface area contributed by atoms with Gasteiger partial charge in [0.25, 0.3) is 0 Å². The van der Waals surface area contributed by atoms with Gasteiger partial charge < -0.3 is 10.2 Å². The van der Waals surface area contributed by atoms with Crippen LogP contribution in [0.25, 0.3) is 0 Å². The van der Waals surface area contributed by atoms with E-state index in [1.807, 2.05) is 18.9 Å². The Bertz CT molecular complexity index is 260. The third kappa shape index (κ3) is 3.94. The van der Waals surface area contributed by atoms with Crippen LogP contribution in [0.1, 0.15) is 6.92 Å². The lowest BCUT2D eigenvalue weighted by Gasteiger charge is -2.26. The van der Waals surface area contributed by atoms with Crippen molar-refractivity contribution in [2.45, 2.75) is 6.92 Å². The minimum atomic E-state index is -2.83. The van der Waals surface area contributed by atoms with E-state index in [0.29, 0.717) is 24.0 Å². The lowest BCUT2D eigenvalue weighted by molar-refractivity contribution is 0.366. The Kier molecular flexibility index (Phi) is 4.34. The molecular weight excluding hydrogens is 200 g/mol. The molecule has 1 saturated heterocycles. The summed E-state index contributed by atoms with van der Waals surface area (Å²) in [6.45, 7) is 5.31. The summed E-state index contributed by atoms with van der Waals surface area (Å²) < 4.78 is 23.2. The fourth-order valence-electron chi connectivity index (χ4n) is 1.36. The van der Waals surface area contributed by atoms with Crippen LogP contribution < -0.4 is 5.32 Å². The number of nitrogens with one attached hydrogen (secondary N) is 1. The summed E-state index contributed by atoms with van der Waals surface area (Å²) in [5.41, 5.74) is 0. The first-order valence-electron chi connectivity index (χ1n) is 5.13. The second-order valence-electron chi connectivity index (χ2n) is 4.03. The normalized spacial score (nSPS) is 18.5. The summed E-state index contributed by atoms with van der Waals surface area (Å²) in [5.74, 6) is 1.01. The highest BCUT2D eigenvalue weighted by molar-refractivity contribution is 7.91. The van der Waals surface area contributed by atoms with Gasteiger partial charge >= 0.3 is 0 Å². The van der Waals surface area contributed by atoms with E-state index in [-0.39, 0.29) is 0 Å². The van der Waals surface area contributed by atoms with Gasteiger partial charge in [-0.15, -0.1) is 0 Å². The molecule has 0 unspecified atom stereocenters. The molecule has 0 aromatic carbocycles. The first kappa shape index (κ1) is 11.9. The summed E-state index contributed by atoms with van der Waals surface area (Å²) in [7, 11) is -0.884. The highest BCUT2D eigenvalue weighted by Gasteiger charge is 2.23. The molecule has 0 aliphatic carbocycles. The van der Waals surface area contributed by atoms with Crippen molar-refractivity contribution < 1.29 is 8.42 Å². The number of nitrogens with zero attached hydrogens (tertiary/aromatic N) is 1. The molecule has 0 aromatic heterocycles. The monoisotopic (exact) mass is 220 g/mol. The zero-order chi connectivity index (χ0) is 10.6. The van der Waals surface area contributed by atoms with Gasteiger partial charge in [-0.25, -0.2) is 8.42 Å². The minimum absolute atomic E-state index is 0.299. The first-order valence-corrected chi connectivity index (χ1v) is 6.95. The fourth-order valence-corrected chi connectivity index (χ4v) is 3.07. The maximum absolute atomic E-state index is 11.6. The maximum atomic E-state index is 11.6. The third-order valence-corrected chi connectivity index (χ3v) is 4.46. The molecule has 0 spiro atoms. The number of hydrogen-bond acceptors (Lipinski definition) is 4. The van der Waals surface area contributed by atoms with E-state index in [2.05, 4.69) is 5.32 Å². The standard InChI is InChI=1S/C9H20N2O2S/c1-3-11(2)4-5-14(12,13)8-9-6-10-7-9/h9-10H,3-8H2,1-2H3. The van der Waals surface area contributed by atoms with Gasteiger partial charge in [-0.1, -0.05) is 6.92 Å². The quantitative estimate of drug-likeness (QED) is 0.660. The van der Waals surface area contributed by atoms with E-state index >= 15 is 0 Å². The SMILES string of the molecule is CCN(C)CCS(=O)(=O)CC1CNC1. The molecule has 0 amide bonds. The highest BCUT2D eigenvalue weighted by Crippen LogP contribution is 2.07. The van der Waals surface area contributed by atoms with Crippen LogP contribution in [0.4, 0.5) is 0 Å². The van der Waals surface area contributed by atoms with E-state index in [4.69, 9.17) is 0 Å². The van der Waals surface area contributed by atoms with E-state index < -0.39 is 9.84 Å². The van der Waals surface area contributed by atoms with Crippen LogP contribution in [0.15, 0.2) is 0 Å². The van der Waals surface area contributed by atoms with Crippen molar-refractivity contribution in [3.8, 4) is 0 Å². The molecule has 0 aromatic rings. The Balaban J connectivity index is 2.26. The zero-order valence-corrected chi connectivity index (χ0v) is 9.81. The molecular formula is C9H20N2O2S. The van der Waals surface area contributed by atoms with E-state index in [9.17, 15) is 8.42 Å². The second kappa shape index (κ2) is 5.09. The van der Waals surface area contributed by atoms with Gasteiger partial charge in [0.05, 0.1) is 11.5 Å². The number of hydrogen-bond donors (Lipinski definition) is 1. The topological polar surface area (TPSA) is 49.4 Å². The summed E-state index contributed by atoms with van der Waals surface area (Å²) in [6.07, 6.45) is 0. The Hall–Kier alpha value is -0.130. The van der Waals surface area contributed by atoms with Gasteiger partial charge in [-0.05, 0) is 19.5 Å². The van der Waals surface area contributed by atoms with Crippen LogP contribution in [-0.2, 0) is 9.84 Å². The molecule has 1 heterocycles. The van der Waals surface area contributed by atoms with E-state index in [1.54, 1.807) is 0 Å². The molecule has 1 aliphatic rings. The van der Waals surface area contributed by atoms with Crippen molar-refractivity contribution in [3.05, 3.63) is 0 Å². The summed E-state index contributed by atoms with van der Waals surface area (Å²) >= 11 is 0. The van der Waals surface area contributed by atoms with E-state index in [1.165, 1.54) is 0 Å². The predicted octanol–water partition coefficient (Wildman–Crippen LogP) is -0.428. The molecule has 1 fully saturated rings. The minimum Gasteiger partial charge on any atom is -0.316 e. The molecule has 0 atom stereocenters. The van der Waals surface area contributed by atoms with Crippen LogP contribution in [0.2, 0.25) is 0 Å². The average Bonchev–Trinajstić information content (AvgIpc) is 2.08. The number of rotatable bonds is 6. The van der Waals surface area contributed by atoms with Crippen molar-refractivity contribution in [1.82, 2.24) is 10.2 Å². The fraction of sp³-hybridized carbons (Fsp3) is 1.00. The molecule has 0 saturated carbocycles. The molecule has 4 nitrogen and oxygen atoms in total. The Labute approximate surface area is 86.6 Å². The Morgan fingerprint density at radius 2 is 2.07 bits per heavy atom. The average molecular weight is 220 g/mol. The van der Waals surface area contributed by atoms with Crippen LogP contribution >= 0.6 is 0 Å². The number of sulfone groups is 1. The van der Waals surface area contributed by atoms with Crippen molar-refractivity contribution in [2.75, 3.05) is 44.7 Å². The van der Waals surface area contributed by atoms with Gasteiger partial charge in [0.2, 0.25) is 0 Å². The van der Waals surface area contributed by atoms with Crippen LogP contribution in [0.3, 0.4) is 0 Å². The Morgan fingerprint density at radius 3 is 2.50 bits per heavy atom. The smallest absolute Gasteiger partial charge is 0.151 e. The van der Waals surface area contributed by atoms with Crippen molar-refractivity contribution >= 4 is 9.84 Å². The summed E-state index contributed by atoms with van der Waals surface area (Å²) in [5, 5.41) is 3.08. The summed E-state index contributed by atoms with van der Waals surface area (Å²) in [4.78, 5) is 2.02. The second-order valence-corrected chi connectivity index (χ2v) is 6.26. The van der Waals surface area contributed by atoms with Gasteiger partial charge in [0.15, 0.2) is 9.84 Å². The molecule has 1 aliphatic heterocycles. The molecule has 1 N–H and O–H groups in total. The molecule has 0 radical (unpaired) electrons.